The van der Waals surface area contributed by atoms with Gasteiger partial charge in [-0.3, -0.25) is 0 Å². The molecule has 17 heavy (non-hydrogen) atoms. The molecule has 1 fully saturated rings. The number of halogens is 2. The van der Waals surface area contributed by atoms with E-state index in [9.17, 15) is 0 Å². The predicted molar refractivity (Wildman–Crippen MR) is 76.1 cm³/mol. The average molecular weight is 293 g/mol. The normalized spacial score (nSPS) is 27.1. The Balaban J connectivity index is 1.93. The van der Waals surface area contributed by atoms with Crippen molar-refractivity contribution in [2.45, 2.75) is 50.7 Å². The summed E-state index contributed by atoms with van der Waals surface area (Å²) in [5.74, 6) is 0. The molecule has 2 rings (SSSR count). The van der Waals surface area contributed by atoms with Gasteiger partial charge in [0.2, 0.25) is 0 Å². The lowest BCUT2D eigenvalue weighted by Crippen LogP contribution is -2.38. The second kappa shape index (κ2) is 5.89. The Kier molecular flexibility index (Phi) is 4.72. The van der Waals surface area contributed by atoms with Gasteiger partial charge in [0.1, 0.15) is 0 Å². The Labute approximate surface area is 116 Å². The van der Waals surface area contributed by atoms with Crippen LogP contribution in [0, 0.1) is 0 Å². The number of thiophene rings is 1. The van der Waals surface area contributed by atoms with Gasteiger partial charge in [0.05, 0.1) is 8.67 Å². The summed E-state index contributed by atoms with van der Waals surface area (Å²) in [6.07, 6.45) is 4.53. The maximum Gasteiger partial charge on any atom is 0.0991 e. The molecule has 1 aliphatic carbocycles. The Morgan fingerprint density at radius 2 is 2.00 bits per heavy atom. The maximum absolute atomic E-state index is 6.15. The molecule has 96 valence electrons. The molecule has 0 bridgehead atoms. The first-order chi connectivity index (χ1) is 8.06. The zero-order valence-corrected chi connectivity index (χ0v) is 12.2. The van der Waals surface area contributed by atoms with Crippen LogP contribution in [0.15, 0.2) is 6.07 Å². The zero-order chi connectivity index (χ0) is 12.4. The lowest BCUT2D eigenvalue weighted by Gasteiger charge is -2.29. The van der Waals surface area contributed by atoms with E-state index in [-0.39, 0.29) is 6.04 Å². The summed E-state index contributed by atoms with van der Waals surface area (Å²) in [5.41, 5.74) is 7.01. The van der Waals surface area contributed by atoms with Crippen molar-refractivity contribution in [1.82, 2.24) is 5.32 Å². The fourth-order valence-electron chi connectivity index (χ4n) is 2.38. The van der Waals surface area contributed by atoms with Crippen molar-refractivity contribution in [1.29, 1.82) is 0 Å². The molecule has 2 nitrogen and oxygen atoms in total. The van der Waals surface area contributed by atoms with E-state index in [1.807, 2.05) is 6.07 Å². The highest BCUT2D eigenvalue weighted by molar-refractivity contribution is 7.20. The summed E-state index contributed by atoms with van der Waals surface area (Å²) in [6, 6.07) is 3.16. The smallest absolute Gasteiger partial charge is 0.0991 e. The average Bonchev–Trinajstić information content (AvgIpc) is 2.61. The second-order valence-corrected chi connectivity index (χ2v) is 7.07. The van der Waals surface area contributed by atoms with Crippen LogP contribution in [0.5, 0.6) is 0 Å². The van der Waals surface area contributed by atoms with Gasteiger partial charge in [-0.05, 0) is 44.2 Å². The minimum absolute atomic E-state index is 0.255. The van der Waals surface area contributed by atoms with Crippen molar-refractivity contribution in [3.8, 4) is 0 Å². The van der Waals surface area contributed by atoms with Gasteiger partial charge in [-0.15, -0.1) is 11.3 Å². The van der Waals surface area contributed by atoms with Gasteiger partial charge >= 0.3 is 0 Å². The number of nitrogens with two attached hydrogens (primary N) is 1. The summed E-state index contributed by atoms with van der Waals surface area (Å²) < 4.78 is 1.55. The van der Waals surface area contributed by atoms with Gasteiger partial charge in [0.15, 0.2) is 0 Å². The molecule has 0 aromatic carbocycles. The van der Waals surface area contributed by atoms with Gasteiger partial charge in [0.25, 0.3) is 0 Å². The van der Waals surface area contributed by atoms with Crippen molar-refractivity contribution >= 4 is 34.5 Å². The van der Waals surface area contributed by atoms with E-state index in [1.54, 1.807) is 0 Å². The molecule has 1 heterocycles. The molecule has 3 N–H and O–H groups in total. The van der Waals surface area contributed by atoms with Crippen LogP contribution in [0.3, 0.4) is 0 Å². The van der Waals surface area contributed by atoms with Crippen LogP contribution in [0.1, 0.15) is 44.2 Å². The van der Waals surface area contributed by atoms with Crippen molar-refractivity contribution < 1.29 is 0 Å². The van der Waals surface area contributed by atoms with Crippen LogP contribution in [-0.4, -0.2) is 12.1 Å². The van der Waals surface area contributed by atoms with Gasteiger partial charge in [-0.25, -0.2) is 0 Å². The lowest BCUT2D eigenvalue weighted by atomic mass is 9.91. The maximum atomic E-state index is 6.15. The standard InChI is InChI=1S/C12H18Cl2N2S/c1-7(10-6-11(13)17-12(10)14)16-9-4-2-8(15)3-5-9/h6-9,16H,2-5,15H2,1H3. The molecule has 1 atom stereocenters. The molecule has 1 aromatic heterocycles. The number of rotatable bonds is 3. The highest BCUT2D eigenvalue weighted by Crippen LogP contribution is 2.35. The molecule has 1 aromatic rings. The van der Waals surface area contributed by atoms with Gasteiger partial charge in [0, 0.05) is 18.1 Å². The van der Waals surface area contributed by atoms with Gasteiger partial charge < -0.3 is 11.1 Å². The largest absolute Gasteiger partial charge is 0.328 e. The van der Waals surface area contributed by atoms with Crippen LogP contribution >= 0.6 is 34.5 Å². The van der Waals surface area contributed by atoms with Crippen LogP contribution in [0.2, 0.25) is 8.67 Å². The summed E-state index contributed by atoms with van der Waals surface area (Å²) in [7, 11) is 0. The predicted octanol–water partition coefficient (Wildman–Crippen LogP) is 3.98. The lowest BCUT2D eigenvalue weighted by molar-refractivity contribution is 0.322. The third-order valence-electron chi connectivity index (χ3n) is 3.41. The minimum atomic E-state index is 0.255. The molecule has 0 radical (unpaired) electrons. The molecule has 0 aliphatic heterocycles. The van der Waals surface area contributed by atoms with Gasteiger partial charge in [-0.2, -0.15) is 0 Å². The van der Waals surface area contributed by atoms with E-state index >= 15 is 0 Å². The molecule has 1 aliphatic rings. The van der Waals surface area contributed by atoms with Crippen LogP contribution in [0.25, 0.3) is 0 Å². The molecular formula is C12H18Cl2N2S. The molecule has 1 unspecified atom stereocenters. The fraction of sp³-hybridized carbons (Fsp3) is 0.667. The topological polar surface area (TPSA) is 38.0 Å². The molecule has 0 amide bonds. The van der Waals surface area contributed by atoms with Crippen molar-refractivity contribution in [3.63, 3.8) is 0 Å². The van der Waals surface area contributed by atoms with Crippen LogP contribution in [-0.2, 0) is 0 Å². The quantitative estimate of drug-likeness (QED) is 0.884. The van der Waals surface area contributed by atoms with E-state index in [0.717, 1.165) is 39.9 Å². The van der Waals surface area contributed by atoms with Crippen molar-refractivity contribution in [2.24, 2.45) is 5.73 Å². The van der Waals surface area contributed by atoms with Crippen LogP contribution in [0.4, 0.5) is 0 Å². The third-order valence-corrected chi connectivity index (χ3v) is 4.93. The second-order valence-electron chi connectivity index (χ2n) is 4.78. The van der Waals surface area contributed by atoms with Gasteiger partial charge in [-0.1, -0.05) is 23.2 Å². The van der Waals surface area contributed by atoms with Crippen molar-refractivity contribution in [3.05, 3.63) is 20.3 Å². The monoisotopic (exact) mass is 292 g/mol. The highest BCUT2D eigenvalue weighted by Gasteiger charge is 2.21. The Morgan fingerprint density at radius 1 is 1.35 bits per heavy atom. The minimum Gasteiger partial charge on any atom is -0.328 e. The summed E-state index contributed by atoms with van der Waals surface area (Å²) in [6.45, 7) is 2.14. The van der Waals surface area contributed by atoms with Crippen molar-refractivity contribution in [2.75, 3.05) is 0 Å². The summed E-state index contributed by atoms with van der Waals surface area (Å²) in [4.78, 5) is 0. The number of hydrogen-bond acceptors (Lipinski definition) is 3. The first kappa shape index (κ1) is 13.6. The Bertz CT molecular complexity index is 373. The summed E-state index contributed by atoms with van der Waals surface area (Å²) in [5, 5.41) is 3.62. The highest BCUT2D eigenvalue weighted by atomic mass is 35.5. The zero-order valence-electron chi connectivity index (χ0n) is 9.88. The summed E-state index contributed by atoms with van der Waals surface area (Å²) >= 11 is 13.5. The van der Waals surface area contributed by atoms with E-state index in [0.29, 0.717) is 12.1 Å². The molecule has 5 heteroatoms. The number of hydrogen-bond donors (Lipinski definition) is 2. The number of nitrogens with one attached hydrogen (secondary N) is 1. The van der Waals surface area contributed by atoms with E-state index in [1.165, 1.54) is 11.3 Å². The first-order valence-electron chi connectivity index (χ1n) is 6.02. The van der Waals surface area contributed by atoms with E-state index < -0.39 is 0 Å². The Morgan fingerprint density at radius 3 is 2.53 bits per heavy atom. The molecule has 0 saturated heterocycles. The van der Waals surface area contributed by atoms with E-state index in [2.05, 4.69) is 12.2 Å². The first-order valence-corrected chi connectivity index (χ1v) is 7.60. The molecular weight excluding hydrogens is 275 g/mol. The van der Waals surface area contributed by atoms with E-state index in [4.69, 9.17) is 28.9 Å². The van der Waals surface area contributed by atoms with Crippen LogP contribution < -0.4 is 11.1 Å². The SMILES string of the molecule is CC(NC1CCC(N)CC1)c1cc(Cl)sc1Cl. The molecule has 1 saturated carbocycles. The third kappa shape index (κ3) is 3.58. The fourth-order valence-corrected chi connectivity index (χ4v) is 4.02. The molecule has 0 spiro atoms. The Hall–Kier alpha value is 0.200.